The molecule has 24 heavy (non-hydrogen) atoms. The third-order valence-electron chi connectivity index (χ3n) is 3.54. The number of carbonyl (C=O) groups excluding carboxylic acids is 1. The van der Waals surface area contributed by atoms with E-state index in [1.165, 1.54) is 24.4 Å². The second-order valence-corrected chi connectivity index (χ2v) is 12.4. The lowest BCUT2D eigenvalue weighted by atomic mass is 10.0. The van der Waals surface area contributed by atoms with Gasteiger partial charge in [0.1, 0.15) is 11.3 Å². The zero-order valence-electron chi connectivity index (χ0n) is 14.0. The second-order valence-electron chi connectivity index (χ2n) is 6.74. The zero-order valence-corrected chi connectivity index (χ0v) is 15.0. The molecule has 0 saturated carbocycles. The van der Waals surface area contributed by atoms with E-state index in [-0.39, 0.29) is 23.6 Å². The number of aromatic amines is 1. The van der Waals surface area contributed by atoms with E-state index in [0.29, 0.717) is 12.2 Å². The predicted octanol–water partition coefficient (Wildman–Crippen LogP) is 3.40. The van der Waals surface area contributed by atoms with E-state index in [4.69, 9.17) is 4.74 Å². The number of hydrogen-bond acceptors (Lipinski definition) is 5. The molecule has 0 radical (unpaired) electrons. The third-order valence-corrected chi connectivity index (χ3v) is 5.25. The van der Waals surface area contributed by atoms with Crippen molar-refractivity contribution in [1.82, 2.24) is 10.2 Å². The van der Waals surface area contributed by atoms with E-state index < -0.39 is 18.8 Å². The van der Waals surface area contributed by atoms with Gasteiger partial charge in [-0.05, 0) is 12.1 Å². The van der Waals surface area contributed by atoms with Crippen LogP contribution >= 0.6 is 0 Å². The number of hydrogen-bond donors (Lipinski definition) is 1. The topological polar surface area (TPSA) is 98.1 Å². The number of ether oxygens (including phenoxy) is 1. The molecule has 0 fully saturated rings. The highest BCUT2D eigenvalue weighted by Gasteiger charge is 2.24. The average molecular weight is 347 g/mol. The van der Waals surface area contributed by atoms with E-state index in [1.54, 1.807) is 6.07 Å². The SMILES string of the molecule is C[Si](C)(C)CCOCc1cn[nH]c1C(=O)c1ccccc1[N+](=O)[O-]. The molecule has 0 bridgehead atoms. The largest absolute Gasteiger partial charge is 0.377 e. The van der Waals surface area contributed by atoms with Crippen molar-refractivity contribution in [2.75, 3.05) is 6.61 Å². The Morgan fingerprint density at radius 1 is 1.33 bits per heavy atom. The number of ketones is 1. The van der Waals surface area contributed by atoms with Crippen molar-refractivity contribution in [2.45, 2.75) is 32.3 Å². The summed E-state index contributed by atoms with van der Waals surface area (Å²) < 4.78 is 5.65. The summed E-state index contributed by atoms with van der Waals surface area (Å²) in [6.45, 7) is 7.66. The van der Waals surface area contributed by atoms with Crippen LogP contribution in [-0.4, -0.2) is 35.6 Å². The fourth-order valence-electron chi connectivity index (χ4n) is 2.14. The number of nitrogens with zero attached hydrogens (tertiary/aromatic N) is 2. The summed E-state index contributed by atoms with van der Waals surface area (Å²) in [5.41, 5.74) is 0.656. The molecule has 1 heterocycles. The molecule has 7 nitrogen and oxygen atoms in total. The van der Waals surface area contributed by atoms with Crippen molar-refractivity contribution in [3.63, 3.8) is 0 Å². The molecular formula is C16H21N3O4Si. The van der Waals surface area contributed by atoms with Crippen LogP contribution in [0.5, 0.6) is 0 Å². The molecule has 1 aromatic heterocycles. The van der Waals surface area contributed by atoms with Crippen LogP contribution in [0.4, 0.5) is 5.69 Å². The highest BCUT2D eigenvalue weighted by Crippen LogP contribution is 2.22. The first-order chi connectivity index (χ1) is 11.3. The van der Waals surface area contributed by atoms with Gasteiger partial charge in [-0.3, -0.25) is 20.0 Å². The average Bonchev–Trinajstić information content (AvgIpc) is 2.98. The number of rotatable bonds is 8. The van der Waals surface area contributed by atoms with Crippen LogP contribution in [0.3, 0.4) is 0 Å². The molecular weight excluding hydrogens is 326 g/mol. The van der Waals surface area contributed by atoms with Crippen LogP contribution in [0.25, 0.3) is 0 Å². The molecule has 1 aromatic carbocycles. The van der Waals surface area contributed by atoms with Gasteiger partial charge < -0.3 is 4.74 Å². The Bertz CT molecular complexity index is 737. The first kappa shape index (κ1) is 18.0. The lowest BCUT2D eigenvalue weighted by molar-refractivity contribution is -0.385. The van der Waals surface area contributed by atoms with Crippen LogP contribution in [0.2, 0.25) is 25.7 Å². The van der Waals surface area contributed by atoms with Crippen LogP contribution in [-0.2, 0) is 11.3 Å². The second kappa shape index (κ2) is 7.50. The highest BCUT2D eigenvalue weighted by atomic mass is 28.3. The fraction of sp³-hybridized carbons (Fsp3) is 0.375. The number of nitrogens with one attached hydrogen (secondary N) is 1. The van der Waals surface area contributed by atoms with E-state index in [9.17, 15) is 14.9 Å². The lowest BCUT2D eigenvalue weighted by Crippen LogP contribution is -2.21. The molecule has 128 valence electrons. The molecule has 0 amide bonds. The maximum Gasteiger partial charge on any atom is 0.280 e. The molecule has 2 aromatic rings. The summed E-state index contributed by atoms with van der Waals surface area (Å²) in [5.74, 6) is -0.455. The first-order valence-corrected chi connectivity index (χ1v) is 11.4. The number of para-hydroxylation sites is 1. The number of aromatic nitrogens is 2. The molecule has 1 N–H and O–H groups in total. The van der Waals surface area contributed by atoms with E-state index in [2.05, 4.69) is 29.8 Å². The number of nitro benzene ring substituents is 1. The molecule has 0 unspecified atom stereocenters. The molecule has 0 atom stereocenters. The lowest BCUT2D eigenvalue weighted by Gasteiger charge is -2.15. The van der Waals surface area contributed by atoms with Crippen molar-refractivity contribution in [3.05, 3.63) is 57.4 Å². The number of carbonyl (C=O) groups is 1. The minimum absolute atomic E-state index is 0.0371. The summed E-state index contributed by atoms with van der Waals surface area (Å²) in [4.78, 5) is 23.2. The summed E-state index contributed by atoms with van der Waals surface area (Å²) in [6, 6.07) is 6.91. The highest BCUT2D eigenvalue weighted by molar-refractivity contribution is 6.76. The fourth-order valence-corrected chi connectivity index (χ4v) is 2.89. The normalized spacial score (nSPS) is 11.5. The van der Waals surface area contributed by atoms with Crippen LogP contribution in [0.15, 0.2) is 30.5 Å². The minimum atomic E-state index is -1.18. The monoisotopic (exact) mass is 347 g/mol. The maximum absolute atomic E-state index is 12.6. The Hall–Kier alpha value is -2.32. The molecule has 8 heteroatoms. The van der Waals surface area contributed by atoms with Crippen molar-refractivity contribution in [2.24, 2.45) is 0 Å². The Labute approximate surface area is 141 Å². The smallest absolute Gasteiger partial charge is 0.280 e. The van der Waals surface area contributed by atoms with Crippen LogP contribution in [0.1, 0.15) is 21.6 Å². The first-order valence-electron chi connectivity index (χ1n) is 7.68. The van der Waals surface area contributed by atoms with Gasteiger partial charge in [-0.15, -0.1) is 0 Å². The molecule has 2 rings (SSSR count). The Balaban J connectivity index is 2.12. The van der Waals surface area contributed by atoms with Crippen molar-refractivity contribution in [1.29, 1.82) is 0 Å². The standard InChI is InChI=1S/C16H21N3O4Si/c1-24(2,3)9-8-23-11-12-10-17-18-15(12)16(20)13-6-4-5-7-14(13)19(21)22/h4-7,10H,8-9,11H2,1-3H3,(H,17,18). The number of nitro groups is 1. The third kappa shape index (κ3) is 4.59. The molecule has 0 aliphatic carbocycles. The van der Waals surface area contributed by atoms with Gasteiger partial charge in [-0.2, -0.15) is 5.10 Å². The van der Waals surface area contributed by atoms with E-state index in [1.807, 2.05) is 0 Å². The van der Waals surface area contributed by atoms with Gasteiger partial charge >= 0.3 is 0 Å². The van der Waals surface area contributed by atoms with Gasteiger partial charge in [0.15, 0.2) is 0 Å². The van der Waals surface area contributed by atoms with Crippen LogP contribution < -0.4 is 0 Å². The Morgan fingerprint density at radius 2 is 2.04 bits per heavy atom. The van der Waals surface area contributed by atoms with Gasteiger partial charge in [0, 0.05) is 26.3 Å². The van der Waals surface area contributed by atoms with E-state index in [0.717, 1.165) is 6.04 Å². The maximum atomic E-state index is 12.6. The predicted molar refractivity (Wildman–Crippen MR) is 92.9 cm³/mol. The molecule has 0 aliphatic heterocycles. The Kier molecular flexibility index (Phi) is 5.63. The summed E-state index contributed by atoms with van der Waals surface area (Å²) >= 11 is 0. The van der Waals surface area contributed by atoms with Crippen molar-refractivity contribution in [3.8, 4) is 0 Å². The van der Waals surface area contributed by atoms with Gasteiger partial charge in [0.05, 0.1) is 17.7 Å². The van der Waals surface area contributed by atoms with Crippen LogP contribution in [0, 0.1) is 10.1 Å². The number of H-pyrrole nitrogens is 1. The minimum Gasteiger partial charge on any atom is -0.377 e. The van der Waals surface area contributed by atoms with Gasteiger partial charge in [-0.1, -0.05) is 31.8 Å². The quantitative estimate of drug-likeness (QED) is 0.259. The number of benzene rings is 1. The van der Waals surface area contributed by atoms with Crippen molar-refractivity contribution >= 4 is 19.5 Å². The molecule has 0 aliphatic rings. The zero-order chi connectivity index (χ0) is 17.7. The van der Waals surface area contributed by atoms with Gasteiger partial charge in [0.25, 0.3) is 5.69 Å². The van der Waals surface area contributed by atoms with Gasteiger partial charge in [0.2, 0.25) is 5.78 Å². The summed E-state index contributed by atoms with van der Waals surface area (Å²) in [5, 5.41) is 17.6. The van der Waals surface area contributed by atoms with E-state index >= 15 is 0 Å². The Morgan fingerprint density at radius 3 is 2.71 bits per heavy atom. The van der Waals surface area contributed by atoms with Crippen molar-refractivity contribution < 1.29 is 14.5 Å². The van der Waals surface area contributed by atoms with Gasteiger partial charge in [-0.25, -0.2) is 0 Å². The molecule has 0 spiro atoms. The summed E-state index contributed by atoms with van der Waals surface area (Å²) in [6.07, 6.45) is 1.52. The summed E-state index contributed by atoms with van der Waals surface area (Å²) in [7, 11) is -1.18. The molecule has 0 saturated heterocycles.